The lowest BCUT2D eigenvalue weighted by Crippen LogP contribution is -2.25. The summed E-state index contributed by atoms with van der Waals surface area (Å²) < 4.78 is 27.0. The summed E-state index contributed by atoms with van der Waals surface area (Å²) in [6.45, 7) is 2.75. The van der Waals surface area contributed by atoms with Crippen molar-refractivity contribution < 1.29 is 8.42 Å². The third kappa shape index (κ3) is 4.03. The Balaban J connectivity index is 1.97. The molecule has 19 heavy (non-hydrogen) atoms. The molecule has 0 aromatic heterocycles. The minimum absolute atomic E-state index is 0.358. The Morgan fingerprint density at radius 3 is 2.68 bits per heavy atom. The van der Waals surface area contributed by atoms with Crippen LogP contribution in [0.15, 0.2) is 23.1 Å². The second kappa shape index (κ2) is 6.03. The summed E-state index contributed by atoms with van der Waals surface area (Å²) in [5.74, 6) is 0.843. The Bertz CT molecular complexity index is 536. The van der Waals surface area contributed by atoms with E-state index in [9.17, 15) is 8.42 Å². The molecule has 0 bridgehead atoms. The normalized spacial score (nSPS) is 15.7. The van der Waals surface area contributed by atoms with Crippen LogP contribution >= 0.6 is 0 Å². The Kier molecular flexibility index (Phi) is 4.60. The molecular formula is C14H22N2O2S. The van der Waals surface area contributed by atoms with Crippen molar-refractivity contribution in [2.24, 2.45) is 11.7 Å². The summed E-state index contributed by atoms with van der Waals surface area (Å²) in [6, 6.07) is 5.24. The zero-order chi connectivity index (χ0) is 13.9. The molecular weight excluding hydrogens is 260 g/mol. The molecule has 0 amide bonds. The van der Waals surface area contributed by atoms with Gasteiger partial charge >= 0.3 is 0 Å². The average molecular weight is 282 g/mol. The number of hydrogen-bond donors (Lipinski definition) is 2. The van der Waals surface area contributed by atoms with E-state index in [1.165, 1.54) is 12.8 Å². The Labute approximate surface area is 115 Å². The second-order valence-electron chi connectivity index (χ2n) is 5.29. The van der Waals surface area contributed by atoms with Crippen molar-refractivity contribution in [2.45, 2.75) is 44.0 Å². The van der Waals surface area contributed by atoms with E-state index in [1.807, 2.05) is 6.07 Å². The molecule has 0 saturated heterocycles. The SMILES string of the molecule is Cc1cc(CN)ccc1S(=O)(=O)NCCCC1CC1. The topological polar surface area (TPSA) is 72.2 Å². The number of sulfonamides is 1. The maximum atomic E-state index is 12.2. The van der Waals surface area contributed by atoms with Gasteiger partial charge in [-0.2, -0.15) is 0 Å². The van der Waals surface area contributed by atoms with Gasteiger partial charge in [0.05, 0.1) is 4.90 Å². The average Bonchev–Trinajstić information content (AvgIpc) is 3.18. The summed E-state index contributed by atoms with van der Waals surface area (Å²) >= 11 is 0. The van der Waals surface area contributed by atoms with Crippen LogP contribution in [0.4, 0.5) is 0 Å². The highest BCUT2D eigenvalue weighted by atomic mass is 32.2. The van der Waals surface area contributed by atoms with Gasteiger partial charge in [-0.25, -0.2) is 13.1 Å². The first-order valence-electron chi connectivity index (χ1n) is 6.82. The first-order chi connectivity index (χ1) is 9.03. The van der Waals surface area contributed by atoms with Crippen LogP contribution in [0, 0.1) is 12.8 Å². The fraction of sp³-hybridized carbons (Fsp3) is 0.571. The van der Waals surface area contributed by atoms with Gasteiger partial charge in [-0.15, -0.1) is 0 Å². The molecule has 1 aliphatic carbocycles. The lowest BCUT2D eigenvalue weighted by molar-refractivity contribution is 0.572. The molecule has 1 aromatic carbocycles. The molecule has 1 aliphatic rings. The highest BCUT2D eigenvalue weighted by Crippen LogP contribution is 2.33. The van der Waals surface area contributed by atoms with Crippen LogP contribution in [0.25, 0.3) is 0 Å². The molecule has 1 saturated carbocycles. The van der Waals surface area contributed by atoms with Crippen molar-refractivity contribution in [3.63, 3.8) is 0 Å². The highest BCUT2D eigenvalue weighted by Gasteiger charge is 2.21. The minimum atomic E-state index is -3.38. The maximum absolute atomic E-state index is 12.2. The van der Waals surface area contributed by atoms with Crippen LogP contribution in [-0.2, 0) is 16.6 Å². The summed E-state index contributed by atoms with van der Waals surface area (Å²) in [4.78, 5) is 0.358. The van der Waals surface area contributed by atoms with E-state index in [0.29, 0.717) is 18.0 Å². The molecule has 106 valence electrons. The summed E-state index contributed by atoms with van der Waals surface area (Å²) in [5.41, 5.74) is 7.24. The van der Waals surface area contributed by atoms with Crippen molar-refractivity contribution in [1.82, 2.24) is 4.72 Å². The number of hydrogen-bond acceptors (Lipinski definition) is 3. The molecule has 3 N–H and O–H groups in total. The highest BCUT2D eigenvalue weighted by molar-refractivity contribution is 7.89. The molecule has 0 unspecified atom stereocenters. The van der Waals surface area contributed by atoms with Gasteiger partial charge in [0, 0.05) is 13.1 Å². The van der Waals surface area contributed by atoms with E-state index in [0.717, 1.165) is 29.9 Å². The number of aryl methyl sites for hydroxylation is 1. The smallest absolute Gasteiger partial charge is 0.240 e. The monoisotopic (exact) mass is 282 g/mol. The molecule has 5 heteroatoms. The van der Waals surface area contributed by atoms with Gasteiger partial charge in [0.2, 0.25) is 10.0 Å². The molecule has 0 spiro atoms. The second-order valence-corrected chi connectivity index (χ2v) is 7.02. The lowest BCUT2D eigenvalue weighted by atomic mass is 10.1. The van der Waals surface area contributed by atoms with E-state index in [4.69, 9.17) is 5.73 Å². The Morgan fingerprint density at radius 2 is 2.11 bits per heavy atom. The quantitative estimate of drug-likeness (QED) is 0.751. The number of benzene rings is 1. The van der Waals surface area contributed by atoms with E-state index in [-0.39, 0.29) is 0 Å². The molecule has 0 radical (unpaired) electrons. The largest absolute Gasteiger partial charge is 0.326 e. The van der Waals surface area contributed by atoms with E-state index in [2.05, 4.69) is 4.72 Å². The Hall–Kier alpha value is -0.910. The van der Waals surface area contributed by atoms with Gasteiger partial charge in [-0.05, 0) is 42.9 Å². The van der Waals surface area contributed by atoms with Gasteiger partial charge in [0.15, 0.2) is 0 Å². The zero-order valence-electron chi connectivity index (χ0n) is 11.4. The van der Waals surface area contributed by atoms with Crippen LogP contribution in [0.2, 0.25) is 0 Å². The third-order valence-corrected chi connectivity index (χ3v) is 5.16. The predicted octanol–water partition coefficient (Wildman–Crippen LogP) is 1.92. The van der Waals surface area contributed by atoms with Gasteiger partial charge < -0.3 is 5.73 Å². The zero-order valence-corrected chi connectivity index (χ0v) is 12.2. The number of rotatable bonds is 7. The number of nitrogens with two attached hydrogens (primary N) is 1. The van der Waals surface area contributed by atoms with E-state index >= 15 is 0 Å². The first kappa shape index (κ1) is 14.5. The standard InChI is InChI=1S/C14H22N2O2S/c1-11-9-13(10-15)6-7-14(11)19(17,18)16-8-2-3-12-4-5-12/h6-7,9,12,16H,2-5,8,10,15H2,1H3. The molecule has 0 aliphatic heterocycles. The minimum Gasteiger partial charge on any atom is -0.326 e. The van der Waals surface area contributed by atoms with E-state index < -0.39 is 10.0 Å². The van der Waals surface area contributed by atoms with Crippen molar-refractivity contribution in [2.75, 3.05) is 6.54 Å². The van der Waals surface area contributed by atoms with Crippen LogP contribution in [0.3, 0.4) is 0 Å². The van der Waals surface area contributed by atoms with Crippen LogP contribution in [0.1, 0.15) is 36.8 Å². The van der Waals surface area contributed by atoms with Crippen LogP contribution in [-0.4, -0.2) is 15.0 Å². The van der Waals surface area contributed by atoms with E-state index in [1.54, 1.807) is 19.1 Å². The third-order valence-electron chi connectivity index (χ3n) is 3.54. The molecule has 0 atom stereocenters. The van der Waals surface area contributed by atoms with Gasteiger partial charge in [0.25, 0.3) is 0 Å². The lowest BCUT2D eigenvalue weighted by Gasteiger charge is -2.10. The predicted molar refractivity (Wildman–Crippen MR) is 76.2 cm³/mol. The van der Waals surface area contributed by atoms with Gasteiger partial charge in [0.1, 0.15) is 0 Å². The van der Waals surface area contributed by atoms with Gasteiger partial charge in [-0.1, -0.05) is 25.0 Å². The fourth-order valence-electron chi connectivity index (χ4n) is 2.22. The summed E-state index contributed by atoms with van der Waals surface area (Å²) in [5, 5.41) is 0. The van der Waals surface area contributed by atoms with Crippen molar-refractivity contribution >= 4 is 10.0 Å². The van der Waals surface area contributed by atoms with Crippen LogP contribution < -0.4 is 10.5 Å². The molecule has 1 aromatic rings. The number of nitrogens with one attached hydrogen (secondary N) is 1. The molecule has 2 rings (SSSR count). The van der Waals surface area contributed by atoms with Gasteiger partial charge in [-0.3, -0.25) is 0 Å². The molecule has 1 fully saturated rings. The molecule has 4 nitrogen and oxygen atoms in total. The maximum Gasteiger partial charge on any atom is 0.240 e. The van der Waals surface area contributed by atoms with Crippen molar-refractivity contribution in [3.05, 3.63) is 29.3 Å². The van der Waals surface area contributed by atoms with Crippen LogP contribution in [0.5, 0.6) is 0 Å². The Morgan fingerprint density at radius 1 is 1.37 bits per heavy atom. The van der Waals surface area contributed by atoms with Crippen molar-refractivity contribution in [1.29, 1.82) is 0 Å². The van der Waals surface area contributed by atoms with Crippen molar-refractivity contribution in [3.8, 4) is 0 Å². The fourth-order valence-corrected chi connectivity index (χ4v) is 3.52. The summed E-state index contributed by atoms with van der Waals surface area (Å²) in [6.07, 6.45) is 4.68. The molecule has 0 heterocycles. The first-order valence-corrected chi connectivity index (χ1v) is 8.30. The summed E-state index contributed by atoms with van der Waals surface area (Å²) in [7, 11) is -3.38.